The molecule has 0 bridgehead atoms. The molecule has 1 atom stereocenters. The number of hydrogen-bond acceptors (Lipinski definition) is 4. The summed E-state index contributed by atoms with van der Waals surface area (Å²) in [4.78, 5) is 14.2. The minimum absolute atomic E-state index is 0.315. The van der Waals surface area contributed by atoms with E-state index in [1.54, 1.807) is 6.33 Å². The van der Waals surface area contributed by atoms with Gasteiger partial charge in [0.1, 0.15) is 18.0 Å². The summed E-state index contributed by atoms with van der Waals surface area (Å²) in [6.45, 7) is 5.11. The molecule has 0 saturated heterocycles. The molecule has 3 aromatic heterocycles. The fourth-order valence-corrected chi connectivity index (χ4v) is 4.78. The van der Waals surface area contributed by atoms with Gasteiger partial charge in [-0.3, -0.25) is 4.57 Å². The lowest BCUT2D eigenvalue weighted by molar-refractivity contribution is 0.445. The van der Waals surface area contributed by atoms with Gasteiger partial charge in [-0.15, -0.1) is 0 Å². The first-order chi connectivity index (χ1) is 15.2. The van der Waals surface area contributed by atoms with E-state index in [1.807, 2.05) is 17.7 Å². The molecule has 1 unspecified atom stereocenters. The molecule has 4 heterocycles. The summed E-state index contributed by atoms with van der Waals surface area (Å²) >= 11 is 0. The Kier molecular flexibility index (Phi) is 4.13. The first-order valence-electron chi connectivity index (χ1n) is 10.9. The number of pyridine rings is 1. The monoisotopic (exact) mass is 408 g/mol. The Morgan fingerprint density at radius 2 is 1.94 bits per heavy atom. The van der Waals surface area contributed by atoms with E-state index in [-0.39, 0.29) is 0 Å². The molecular formula is C25H24N6. The molecule has 0 saturated carbocycles. The molecule has 6 heteroatoms. The number of rotatable bonds is 3. The first kappa shape index (κ1) is 18.2. The summed E-state index contributed by atoms with van der Waals surface area (Å²) in [5.41, 5.74) is 7.04. The highest BCUT2D eigenvalue weighted by molar-refractivity contribution is 5.85. The van der Waals surface area contributed by atoms with Gasteiger partial charge >= 0.3 is 0 Å². The van der Waals surface area contributed by atoms with E-state index in [1.165, 1.54) is 16.7 Å². The Labute approximate surface area is 181 Å². The first-order valence-corrected chi connectivity index (χ1v) is 10.9. The largest absolute Gasteiger partial charge is 0.290 e. The van der Waals surface area contributed by atoms with Crippen molar-refractivity contribution in [2.75, 3.05) is 0 Å². The van der Waals surface area contributed by atoms with E-state index in [0.29, 0.717) is 5.92 Å². The van der Waals surface area contributed by atoms with Crippen molar-refractivity contribution >= 4 is 11.6 Å². The number of allylic oxidation sites excluding steroid dienone is 1. The van der Waals surface area contributed by atoms with Crippen LogP contribution in [0.4, 0.5) is 0 Å². The molecule has 0 fully saturated rings. The number of hydrogen-bond donors (Lipinski definition) is 0. The minimum Gasteiger partial charge on any atom is -0.290 e. The topological polar surface area (TPSA) is 61.4 Å². The van der Waals surface area contributed by atoms with E-state index in [0.717, 1.165) is 60.2 Å². The lowest BCUT2D eigenvalue weighted by atomic mass is 9.88. The molecule has 31 heavy (non-hydrogen) atoms. The summed E-state index contributed by atoms with van der Waals surface area (Å²) in [7, 11) is 0. The molecule has 6 nitrogen and oxygen atoms in total. The molecular weight excluding hydrogens is 384 g/mol. The summed E-state index contributed by atoms with van der Waals surface area (Å²) in [6.07, 6.45) is 9.02. The maximum Gasteiger partial charge on any atom is 0.177 e. The van der Waals surface area contributed by atoms with Crippen LogP contribution in [-0.2, 0) is 13.0 Å². The highest BCUT2D eigenvalue weighted by Gasteiger charge is 2.28. The van der Waals surface area contributed by atoms with Crippen molar-refractivity contribution in [3.63, 3.8) is 0 Å². The Hall–Kier alpha value is -3.54. The van der Waals surface area contributed by atoms with Gasteiger partial charge < -0.3 is 0 Å². The third-order valence-corrected chi connectivity index (χ3v) is 6.39. The van der Waals surface area contributed by atoms with Crippen LogP contribution >= 0.6 is 0 Å². The quantitative estimate of drug-likeness (QED) is 0.501. The second-order valence-electron chi connectivity index (χ2n) is 8.55. The summed E-state index contributed by atoms with van der Waals surface area (Å²) < 4.78 is 4.08. The predicted molar refractivity (Wildman–Crippen MR) is 120 cm³/mol. The Balaban J connectivity index is 1.34. The molecule has 1 aliphatic carbocycles. The fraction of sp³-hybridized carbons (Fsp3) is 0.280. The lowest BCUT2D eigenvalue weighted by Crippen LogP contribution is -2.18. The molecule has 6 rings (SSSR count). The van der Waals surface area contributed by atoms with Crippen molar-refractivity contribution in [1.29, 1.82) is 0 Å². The van der Waals surface area contributed by atoms with Crippen LogP contribution in [0.5, 0.6) is 0 Å². The number of imidazole rings is 1. The van der Waals surface area contributed by atoms with Crippen molar-refractivity contribution in [3.05, 3.63) is 88.6 Å². The van der Waals surface area contributed by atoms with Gasteiger partial charge in [-0.1, -0.05) is 30.3 Å². The number of benzene rings is 1. The van der Waals surface area contributed by atoms with E-state index < -0.39 is 0 Å². The minimum atomic E-state index is 0.315. The molecule has 0 N–H and O–H groups in total. The zero-order chi connectivity index (χ0) is 20.9. The maximum absolute atomic E-state index is 5.04. The number of fused-ring (bicyclic) bond motifs is 2. The second-order valence-corrected chi connectivity index (χ2v) is 8.55. The smallest absolute Gasteiger partial charge is 0.177 e. The molecule has 2 aliphatic rings. The van der Waals surface area contributed by atoms with E-state index in [4.69, 9.17) is 15.1 Å². The molecule has 1 aliphatic heterocycles. The summed E-state index contributed by atoms with van der Waals surface area (Å²) in [5.74, 6) is 3.13. The summed E-state index contributed by atoms with van der Waals surface area (Å²) in [6, 6.07) is 12.9. The van der Waals surface area contributed by atoms with Gasteiger partial charge in [-0.2, -0.15) is 5.10 Å². The van der Waals surface area contributed by atoms with Crippen LogP contribution in [0.3, 0.4) is 0 Å². The van der Waals surface area contributed by atoms with Crippen molar-refractivity contribution in [2.24, 2.45) is 0 Å². The molecule has 0 amide bonds. The van der Waals surface area contributed by atoms with Gasteiger partial charge in [0.05, 0.1) is 11.4 Å². The van der Waals surface area contributed by atoms with Gasteiger partial charge in [-0.05, 0) is 55.5 Å². The third kappa shape index (κ3) is 3.10. The van der Waals surface area contributed by atoms with Crippen LogP contribution in [0.2, 0.25) is 0 Å². The number of aromatic nitrogens is 6. The van der Waals surface area contributed by atoms with Crippen molar-refractivity contribution in [2.45, 2.75) is 45.6 Å². The van der Waals surface area contributed by atoms with Crippen molar-refractivity contribution in [1.82, 2.24) is 29.3 Å². The maximum atomic E-state index is 5.04. The molecule has 0 radical (unpaired) electrons. The fourth-order valence-electron chi connectivity index (χ4n) is 4.78. The van der Waals surface area contributed by atoms with Crippen LogP contribution in [-0.4, -0.2) is 29.3 Å². The second kappa shape index (κ2) is 7.01. The van der Waals surface area contributed by atoms with Gasteiger partial charge in [0, 0.05) is 30.7 Å². The average molecular weight is 409 g/mol. The van der Waals surface area contributed by atoms with Gasteiger partial charge in [0.2, 0.25) is 0 Å². The van der Waals surface area contributed by atoms with E-state index >= 15 is 0 Å². The van der Waals surface area contributed by atoms with Crippen LogP contribution in [0.1, 0.15) is 58.5 Å². The predicted octanol–water partition coefficient (Wildman–Crippen LogP) is 4.50. The van der Waals surface area contributed by atoms with Gasteiger partial charge in [0.15, 0.2) is 5.82 Å². The highest BCUT2D eigenvalue weighted by atomic mass is 15.4. The number of aryl methyl sites for hydroxylation is 3. The zero-order valence-corrected chi connectivity index (χ0v) is 17.8. The van der Waals surface area contributed by atoms with Crippen molar-refractivity contribution in [3.8, 4) is 5.82 Å². The van der Waals surface area contributed by atoms with E-state index in [9.17, 15) is 0 Å². The van der Waals surface area contributed by atoms with Crippen LogP contribution < -0.4 is 0 Å². The Morgan fingerprint density at radius 3 is 2.77 bits per heavy atom. The lowest BCUT2D eigenvalue weighted by Gasteiger charge is -2.23. The molecule has 4 aromatic rings. The van der Waals surface area contributed by atoms with Crippen molar-refractivity contribution < 1.29 is 0 Å². The summed E-state index contributed by atoms with van der Waals surface area (Å²) in [5, 5.41) is 4.90. The molecule has 1 aromatic carbocycles. The Bertz CT molecular complexity index is 1330. The SMILES string of the molecule is Cc1cn(-c2ccc3c(n2)C=C(c2nc4n(n2)CCCC4c2ccccc2C)C3)cn1. The standard InChI is InChI=1S/C25H24N6/c1-16-6-3-4-7-20(16)21-8-5-11-31-25(21)28-24(29-31)19-12-18-9-10-23(27-22(18)13-19)30-14-17(2)26-15-30/h3-4,6-7,9-10,13-15,21H,5,8,11-12H2,1-2H3. The number of nitrogens with zero attached hydrogens (tertiary/aromatic N) is 6. The third-order valence-electron chi connectivity index (χ3n) is 6.39. The highest BCUT2D eigenvalue weighted by Crippen LogP contribution is 2.36. The van der Waals surface area contributed by atoms with Crippen LogP contribution in [0, 0.1) is 13.8 Å². The van der Waals surface area contributed by atoms with Crippen LogP contribution in [0.25, 0.3) is 17.5 Å². The van der Waals surface area contributed by atoms with Gasteiger partial charge in [-0.25, -0.2) is 19.6 Å². The Morgan fingerprint density at radius 1 is 1.03 bits per heavy atom. The molecule has 154 valence electrons. The van der Waals surface area contributed by atoms with E-state index in [2.05, 4.69) is 59.1 Å². The molecule has 0 spiro atoms. The van der Waals surface area contributed by atoms with Gasteiger partial charge in [0.25, 0.3) is 0 Å². The average Bonchev–Trinajstić information content (AvgIpc) is 3.50. The normalized spacial score (nSPS) is 17.4. The van der Waals surface area contributed by atoms with Crippen LogP contribution in [0.15, 0.2) is 48.9 Å². The zero-order valence-electron chi connectivity index (χ0n) is 17.8.